The molecule has 1 unspecified atom stereocenters. The van der Waals surface area contributed by atoms with Crippen molar-refractivity contribution in [3.63, 3.8) is 0 Å². The van der Waals surface area contributed by atoms with Crippen molar-refractivity contribution in [2.75, 3.05) is 25.1 Å². The lowest BCUT2D eigenvalue weighted by atomic mass is 10.1. The maximum atomic E-state index is 12.7. The van der Waals surface area contributed by atoms with Gasteiger partial charge in [-0.25, -0.2) is 0 Å². The minimum Gasteiger partial charge on any atom is -0.494 e. The predicted octanol–water partition coefficient (Wildman–Crippen LogP) is 4.68. The normalized spacial score (nSPS) is 14.9. The highest BCUT2D eigenvalue weighted by Crippen LogP contribution is 2.17. The summed E-state index contributed by atoms with van der Waals surface area (Å²) in [6.45, 7) is 4.05. The fourth-order valence-electron chi connectivity index (χ4n) is 3.65. The molecule has 1 atom stereocenters. The van der Waals surface area contributed by atoms with Gasteiger partial charge in [-0.2, -0.15) is 0 Å². The summed E-state index contributed by atoms with van der Waals surface area (Å²) in [5, 5.41) is 8.64. The number of benzene rings is 2. The molecule has 0 aliphatic carbocycles. The molecule has 0 saturated carbocycles. The van der Waals surface area contributed by atoms with Gasteiger partial charge in [-0.1, -0.05) is 38.3 Å². The molecule has 3 N–H and O–H groups in total. The first kappa shape index (κ1) is 25.6. The molecule has 2 aromatic carbocycles. The number of para-hydroxylation sites is 1. The van der Waals surface area contributed by atoms with Crippen LogP contribution in [-0.4, -0.2) is 42.8 Å². The average molecular weight is 484 g/mol. The lowest BCUT2D eigenvalue weighted by Crippen LogP contribution is -2.35. The number of hydrogen-bond acceptors (Lipinski definition) is 5. The van der Waals surface area contributed by atoms with E-state index in [1.807, 2.05) is 0 Å². The summed E-state index contributed by atoms with van der Waals surface area (Å²) in [7, 11) is 0. The van der Waals surface area contributed by atoms with Crippen molar-refractivity contribution in [1.29, 1.82) is 0 Å². The van der Waals surface area contributed by atoms with Gasteiger partial charge in [-0.15, -0.1) is 0 Å². The van der Waals surface area contributed by atoms with Gasteiger partial charge in [0.15, 0.2) is 5.11 Å². The minimum atomic E-state index is -0.340. The second-order valence-corrected chi connectivity index (χ2v) is 8.64. The summed E-state index contributed by atoms with van der Waals surface area (Å²) < 4.78 is 11.3. The smallest absolute Gasteiger partial charge is 0.257 e. The summed E-state index contributed by atoms with van der Waals surface area (Å²) in [6, 6.07) is 14.0. The van der Waals surface area contributed by atoms with Crippen LogP contribution in [0.25, 0.3) is 0 Å². The van der Waals surface area contributed by atoms with Crippen molar-refractivity contribution < 1.29 is 19.1 Å². The number of rotatable bonds is 11. The van der Waals surface area contributed by atoms with Crippen LogP contribution in [0.4, 0.5) is 5.69 Å². The van der Waals surface area contributed by atoms with Crippen molar-refractivity contribution in [2.45, 2.75) is 51.6 Å². The molecule has 3 rings (SSSR count). The molecule has 1 saturated heterocycles. The Bertz CT molecular complexity index is 959. The third kappa shape index (κ3) is 8.11. The predicted molar refractivity (Wildman–Crippen MR) is 138 cm³/mol. The van der Waals surface area contributed by atoms with Crippen LogP contribution in [0.15, 0.2) is 48.5 Å². The zero-order valence-electron chi connectivity index (χ0n) is 19.6. The van der Waals surface area contributed by atoms with Crippen LogP contribution >= 0.6 is 12.2 Å². The Labute approximate surface area is 206 Å². The van der Waals surface area contributed by atoms with E-state index in [1.54, 1.807) is 48.5 Å². The largest absolute Gasteiger partial charge is 0.494 e. The Balaban J connectivity index is 1.49. The van der Waals surface area contributed by atoms with Crippen molar-refractivity contribution in [2.24, 2.45) is 0 Å². The molecule has 1 aliphatic rings. The number of thiocarbonyl (C=S) groups is 1. The lowest BCUT2D eigenvalue weighted by molar-refractivity contribution is 0.0858. The van der Waals surface area contributed by atoms with Crippen molar-refractivity contribution >= 4 is 34.8 Å². The standard InChI is InChI=1S/C26H33N3O4S/c1-2-3-4-7-16-32-20-14-12-19(13-15-20)24(30)29-26(34)28-23-11-6-5-10-22(23)25(31)27-18-21-9-8-17-33-21/h5-6,10-15,21H,2-4,7-9,16-18H2,1H3,(H,27,31)(H2,28,29,30,34). The number of carbonyl (C=O) groups excluding carboxylic acids is 2. The van der Waals surface area contributed by atoms with E-state index in [4.69, 9.17) is 21.7 Å². The van der Waals surface area contributed by atoms with Gasteiger partial charge in [0, 0.05) is 18.7 Å². The molecule has 0 bridgehead atoms. The van der Waals surface area contributed by atoms with Gasteiger partial charge in [0.1, 0.15) is 5.75 Å². The van der Waals surface area contributed by atoms with Gasteiger partial charge in [0.2, 0.25) is 0 Å². The molecule has 1 fully saturated rings. The van der Waals surface area contributed by atoms with Crippen molar-refractivity contribution in [3.8, 4) is 5.75 Å². The zero-order chi connectivity index (χ0) is 24.2. The SMILES string of the molecule is CCCCCCOc1ccc(C(=O)NC(=S)Nc2ccccc2C(=O)NCC2CCCO2)cc1. The second-order valence-electron chi connectivity index (χ2n) is 8.23. The molecule has 2 aromatic rings. The first-order valence-corrected chi connectivity index (χ1v) is 12.3. The van der Waals surface area contributed by atoms with E-state index in [2.05, 4.69) is 22.9 Å². The Morgan fingerprint density at radius 3 is 2.59 bits per heavy atom. The van der Waals surface area contributed by atoms with Gasteiger partial charge in [-0.3, -0.25) is 14.9 Å². The molecule has 0 radical (unpaired) electrons. The summed E-state index contributed by atoms with van der Waals surface area (Å²) in [5.41, 5.74) is 1.42. The summed E-state index contributed by atoms with van der Waals surface area (Å²) in [5.74, 6) is 0.169. The number of unbranched alkanes of at least 4 members (excludes halogenated alkanes) is 3. The van der Waals surface area contributed by atoms with Gasteiger partial charge in [-0.05, 0) is 67.9 Å². The van der Waals surface area contributed by atoms with E-state index in [9.17, 15) is 9.59 Å². The van der Waals surface area contributed by atoms with Gasteiger partial charge < -0.3 is 20.1 Å². The number of carbonyl (C=O) groups is 2. The van der Waals surface area contributed by atoms with Gasteiger partial charge >= 0.3 is 0 Å². The Hall–Kier alpha value is -2.97. The van der Waals surface area contributed by atoms with Crippen molar-refractivity contribution in [1.82, 2.24) is 10.6 Å². The average Bonchev–Trinajstić information content (AvgIpc) is 3.37. The first-order valence-electron chi connectivity index (χ1n) is 11.9. The molecule has 182 valence electrons. The Morgan fingerprint density at radius 2 is 1.85 bits per heavy atom. The summed E-state index contributed by atoms with van der Waals surface area (Å²) in [4.78, 5) is 25.2. The van der Waals surface area contributed by atoms with Crippen LogP contribution in [0, 0.1) is 0 Å². The van der Waals surface area contributed by atoms with E-state index in [-0.39, 0.29) is 23.0 Å². The third-order valence-corrected chi connectivity index (χ3v) is 5.75. The highest BCUT2D eigenvalue weighted by atomic mass is 32.1. The quantitative estimate of drug-likeness (QED) is 0.318. The minimum absolute atomic E-state index is 0.0577. The fraction of sp³-hybridized carbons (Fsp3) is 0.423. The molecule has 2 amide bonds. The first-order chi connectivity index (χ1) is 16.6. The number of nitrogens with one attached hydrogen (secondary N) is 3. The van der Waals surface area contributed by atoms with Crippen LogP contribution in [0.1, 0.15) is 66.2 Å². The van der Waals surface area contributed by atoms with Crippen LogP contribution in [0.2, 0.25) is 0 Å². The maximum Gasteiger partial charge on any atom is 0.257 e. The van der Waals surface area contributed by atoms with Crippen molar-refractivity contribution in [3.05, 3.63) is 59.7 Å². The molecule has 1 heterocycles. The highest BCUT2D eigenvalue weighted by molar-refractivity contribution is 7.80. The van der Waals surface area contributed by atoms with E-state index in [1.165, 1.54) is 12.8 Å². The van der Waals surface area contributed by atoms with E-state index in [0.29, 0.717) is 30.0 Å². The summed E-state index contributed by atoms with van der Waals surface area (Å²) in [6.07, 6.45) is 6.59. The molecule has 7 nitrogen and oxygen atoms in total. The highest BCUT2D eigenvalue weighted by Gasteiger charge is 2.18. The number of amides is 2. The monoisotopic (exact) mass is 483 g/mol. The van der Waals surface area contributed by atoms with Gasteiger partial charge in [0.05, 0.1) is 24.0 Å². The number of hydrogen-bond donors (Lipinski definition) is 3. The molecular formula is C26H33N3O4S. The lowest BCUT2D eigenvalue weighted by Gasteiger charge is -2.15. The van der Waals surface area contributed by atoms with Crippen LogP contribution in [0.5, 0.6) is 5.75 Å². The molecule has 0 aromatic heterocycles. The zero-order valence-corrected chi connectivity index (χ0v) is 20.4. The van der Waals surface area contributed by atoms with E-state index in [0.717, 1.165) is 38.0 Å². The molecular weight excluding hydrogens is 450 g/mol. The number of ether oxygens (including phenoxy) is 2. The van der Waals surface area contributed by atoms with Gasteiger partial charge in [0.25, 0.3) is 11.8 Å². The van der Waals surface area contributed by atoms with E-state index >= 15 is 0 Å². The van der Waals surface area contributed by atoms with Crippen LogP contribution in [-0.2, 0) is 4.74 Å². The Kier molecular flexibility index (Phi) is 10.3. The molecule has 0 spiro atoms. The topological polar surface area (TPSA) is 88.7 Å². The van der Waals surface area contributed by atoms with Crippen LogP contribution in [0.3, 0.4) is 0 Å². The van der Waals surface area contributed by atoms with Crippen LogP contribution < -0.4 is 20.7 Å². The Morgan fingerprint density at radius 1 is 1.06 bits per heavy atom. The molecule has 1 aliphatic heterocycles. The molecule has 8 heteroatoms. The van der Waals surface area contributed by atoms with E-state index < -0.39 is 0 Å². The fourth-order valence-corrected chi connectivity index (χ4v) is 3.85. The molecule has 34 heavy (non-hydrogen) atoms. The third-order valence-electron chi connectivity index (χ3n) is 5.54. The number of anilines is 1. The summed E-state index contributed by atoms with van der Waals surface area (Å²) >= 11 is 5.31. The maximum absolute atomic E-state index is 12.7. The second kappa shape index (κ2) is 13.7.